The standard InChI is InChI=1S/C9H13N3/c1-8-5-11-12(7-8)9-3-2-4-10-6-9/h2-4,6,8,11H,5,7H2,1H3. The normalized spacial score (nSPS) is 23.1. The Hall–Kier alpha value is -1.09. The van der Waals surface area contributed by atoms with Crippen molar-refractivity contribution in [2.45, 2.75) is 6.92 Å². The number of hydrogen-bond donors (Lipinski definition) is 1. The summed E-state index contributed by atoms with van der Waals surface area (Å²) >= 11 is 0. The van der Waals surface area contributed by atoms with Gasteiger partial charge < -0.3 is 5.01 Å². The summed E-state index contributed by atoms with van der Waals surface area (Å²) in [5.41, 5.74) is 4.47. The van der Waals surface area contributed by atoms with Gasteiger partial charge in [0.25, 0.3) is 0 Å². The number of anilines is 1. The van der Waals surface area contributed by atoms with Gasteiger partial charge in [-0.2, -0.15) is 0 Å². The van der Waals surface area contributed by atoms with Crippen LogP contribution >= 0.6 is 0 Å². The smallest absolute Gasteiger partial charge is 0.0703 e. The number of rotatable bonds is 1. The van der Waals surface area contributed by atoms with Crippen LogP contribution in [0, 0.1) is 5.92 Å². The maximum Gasteiger partial charge on any atom is 0.0703 e. The van der Waals surface area contributed by atoms with E-state index in [1.807, 2.05) is 12.3 Å². The highest BCUT2D eigenvalue weighted by Gasteiger charge is 2.17. The van der Waals surface area contributed by atoms with Crippen molar-refractivity contribution in [2.75, 3.05) is 18.1 Å². The molecule has 3 heteroatoms. The first-order chi connectivity index (χ1) is 5.86. The van der Waals surface area contributed by atoms with Gasteiger partial charge in [-0.05, 0) is 18.1 Å². The summed E-state index contributed by atoms with van der Waals surface area (Å²) in [7, 11) is 0. The fourth-order valence-corrected chi connectivity index (χ4v) is 1.42. The lowest BCUT2D eigenvalue weighted by molar-refractivity contribution is 0.685. The van der Waals surface area contributed by atoms with Crippen LogP contribution in [0.15, 0.2) is 24.5 Å². The fraction of sp³-hybridized carbons (Fsp3) is 0.444. The minimum absolute atomic E-state index is 0.727. The topological polar surface area (TPSA) is 28.2 Å². The van der Waals surface area contributed by atoms with Crippen LogP contribution in [0.25, 0.3) is 0 Å². The molecule has 1 unspecified atom stereocenters. The average Bonchev–Trinajstić information content (AvgIpc) is 2.54. The lowest BCUT2D eigenvalue weighted by Crippen LogP contribution is -2.30. The second kappa shape index (κ2) is 3.11. The molecule has 1 N–H and O–H groups in total. The van der Waals surface area contributed by atoms with Crippen molar-refractivity contribution in [3.05, 3.63) is 24.5 Å². The van der Waals surface area contributed by atoms with Gasteiger partial charge in [-0.3, -0.25) is 4.98 Å². The number of nitrogens with zero attached hydrogens (tertiary/aromatic N) is 2. The van der Waals surface area contributed by atoms with Crippen LogP contribution in [0.1, 0.15) is 6.92 Å². The summed E-state index contributed by atoms with van der Waals surface area (Å²) in [5, 5.41) is 2.15. The molecule has 1 aromatic rings. The molecule has 1 aliphatic heterocycles. The van der Waals surface area contributed by atoms with Crippen LogP contribution in [0.5, 0.6) is 0 Å². The van der Waals surface area contributed by atoms with Crippen molar-refractivity contribution in [1.29, 1.82) is 0 Å². The Kier molecular flexibility index (Phi) is 1.96. The molecule has 2 rings (SSSR count). The molecule has 0 amide bonds. The van der Waals surface area contributed by atoms with Gasteiger partial charge in [0.2, 0.25) is 0 Å². The molecule has 3 nitrogen and oxygen atoms in total. The zero-order valence-electron chi connectivity index (χ0n) is 7.20. The van der Waals surface area contributed by atoms with Crippen LogP contribution < -0.4 is 10.4 Å². The van der Waals surface area contributed by atoms with Crippen LogP contribution in [-0.2, 0) is 0 Å². The zero-order valence-corrected chi connectivity index (χ0v) is 7.20. The van der Waals surface area contributed by atoms with Crippen LogP contribution in [-0.4, -0.2) is 18.1 Å². The molecule has 0 aromatic carbocycles. The summed E-state index contributed by atoms with van der Waals surface area (Å²) in [6, 6.07) is 4.03. The molecular weight excluding hydrogens is 150 g/mol. The molecule has 1 aliphatic rings. The van der Waals surface area contributed by atoms with Crippen LogP contribution in [0.4, 0.5) is 5.69 Å². The molecule has 0 saturated carbocycles. The second-order valence-corrected chi connectivity index (χ2v) is 3.29. The minimum Gasteiger partial charge on any atom is -0.307 e. The van der Waals surface area contributed by atoms with E-state index in [1.54, 1.807) is 6.20 Å². The first-order valence-corrected chi connectivity index (χ1v) is 4.27. The quantitative estimate of drug-likeness (QED) is 0.670. The van der Waals surface area contributed by atoms with Gasteiger partial charge in [-0.25, -0.2) is 5.43 Å². The average molecular weight is 163 g/mol. The second-order valence-electron chi connectivity index (χ2n) is 3.29. The summed E-state index contributed by atoms with van der Waals surface area (Å²) < 4.78 is 0. The molecule has 0 spiro atoms. The van der Waals surface area contributed by atoms with Crippen molar-refractivity contribution >= 4 is 5.69 Å². The van der Waals surface area contributed by atoms with Crippen molar-refractivity contribution in [1.82, 2.24) is 10.4 Å². The SMILES string of the molecule is CC1CNN(c2cccnc2)C1. The monoisotopic (exact) mass is 163 g/mol. The molecule has 64 valence electrons. The lowest BCUT2D eigenvalue weighted by atomic mass is 10.2. The Morgan fingerprint density at radius 1 is 1.67 bits per heavy atom. The van der Waals surface area contributed by atoms with Crippen LogP contribution in [0.2, 0.25) is 0 Å². The molecule has 1 atom stereocenters. The number of hydrogen-bond acceptors (Lipinski definition) is 3. The highest BCUT2D eigenvalue weighted by atomic mass is 15.5. The minimum atomic E-state index is 0.727. The first kappa shape index (κ1) is 7.55. The first-order valence-electron chi connectivity index (χ1n) is 4.27. The van der Waals surface area contributed by atoms with Gasteiger partial charge >= 0.3 is 0 Å². The highest BCUT2D eigenvalue weighted by molar-refractivity contribution is 5.42. The largest absolute Gasteiger partial charge is 0.307 e. The van der Waals surface area contributed by atoms with Crippen molar-refractivity contribution in [3.63, 3.8) is 0 Å². The predicted octanol–water partition coefficient (Wildman–Crippen LogP) is 1.04. The van der Waals surface area contributed by atoms with E-state index in [4.69, 9.17) is 0 Å². The maximum atomic E-state index is 4.07. The third kappa shape index (κ3) is 1.41. The van der Waals surface area contributed by atoms with E-state index >= 15 is 0 Å². The molecule has 0 bridgehead atoms. The lowest BCUT2D eigenvalue weighted by Gasteiger charge is -2.16. The third-order valence-electron chi connectivity index (χ3n) is 2.08. The molecule has 1 fully saturated rings. The van der Waals surface area contributed by atoms with E-state index in [0.29, 0.717) is 0 Å². The van der Waals surface area contributed by atoms with Crippen LogP contribution in [0.3, 0.4) is 0 Å². The van der Waals surface area contributed by atoms with E-state index in [2.05, 4.69) is 28.4 Å². The summed E-state index contributed by atoms with van der Waals surface area (Å²) in [4.78, 5) is 4.07. The van der Waals surface area contributed by atoms with E-state index < -0.39 is 0 Å². The molecule has 2 heterocycles. The number of hydrazine groups is 1. The third-order valence-corrected chi connectivity index (χ3v) is 2.08. The Bertz CT molecular complexity index is 247. The predicted molar refractivity (Wildman–Crippen MR) is 48.7 cm³/mol. The Labute approximate surface area is 72.4 Å². The van der Waals surface area contributed by atoms with Gasteiger partial charge in [0.15, 0.2) is 0 Å². The van der Waals surface area contributed by atoms with Gasteiger partial charge in [-0.15, -0.1) is 0 Å². The number of aromatic nitrogens is 1. The molecule has 0 aliphatic carbocycles. The molecule has 1 saturated heterocycles. The molecular formula is C9H13N3. The number of pyridine rings is 1. The molecule has 1 aromatic heterocycles. The molecule has 0 radical (unpaired) electrons. The number of nitrogens with one attached hydrogen (secondary N) is 1. The zero-order chi connectivity index (χ0) is 8.39. The Morgan fingerprint density at radius 2 is 2.58 bits per heavy atom. The van der Waals surface area contributed by atoms with E-state index in [-0.39, 0.29) is 0 Å². The fourth-order valence-electron chi connectivity index (χ4n) is 1.42. The van der Waals surface area contributed by atoms with E-state index in [9.17, 15) is 0 Å². The Balaban J connectivity index is 2.11. The van der Waals surface area contributed by atoms with E-state index in [1.165, 1.54) is 0 Å². The maximum absolute atomic E-state index is 4.07. The van der Waals surface area contributed by atoms with Crippen molar-refractivity contribution in [2.24, 2.45) is 5.92 Å². The van der Waals surface area contributed by atoms with Gasteiger partial charge in [0.05, 0.1) is 11.9 Å². The van der Waals surface area contributed by atoms with Gasteiger partial charge in [0, 0.05) is 19.3 Å². The highest BCUT2D eigenvalue weighted by Crippen LogP contribution is 2.15. The summed E-state index contributed by atoms with van der Waals surface area (Å²) in [5.74, 6) is 0.727. The summed E-state index contributed by atoms with van der Waals surface area (Å²) in [6.07, 6.45) is 3.67. The Morgan fingerprint density at radius 3 is 3.17 bits per heavy atom. The summed E-state index contributed by atoms with van der Waals surface area (Å²) in [6.45, 7) is 4.38. The molecule has 12 heavy (non-hydrogen) atoms. The van der Waals surface area contributed by atoms with E-state index in [0.717, 1.165) is 24.7 Å². The van der Waals surface area contributed by atoms with Crippen molar-refractivity contribution in [3.8, 4) is 0 Å². The van der Waals surface area contributed by atoms with Gasteiger partial charge in [0.1, 0.15) is 0 Å². The van der Waals surface area contributed by atoms with Gasteiger partial charge in [-0.1, -0.05) is 6.92 Å². The van der Waals surface area contributed by atoms with Crippen molar-refractivity contribution < 1.29 is 0 Å².